The van der Waals surface area contributed by atoms with E-state index >= 15 is 0 Å². The zero-order chi connectivity index (χ0) is 20.4. The quantitative estimate of drug-likeness (QED) is 0.480. The second-order valence-corrected chi connectivity index (χ2v) is 6.20. The van der Waals surface area contributed by atoms with Gasteiger partial charge in [-0.05, 0) is 42.3 Å². The number of benzene rings is 2. The van der Waals surface area contributed by atoms with Crippen LogP contribution in [0.15, 0.2) is 48.5 Å². The van der Waals surface area contributed by atoms with Gasteiger partial charge in [0, 0.05) is 6.08 Å². The summed E-state index contributed by atoms with van der Waals surface area (Å²) in [5, 5.41) is 2.66. The molecule has 0 heterocycles. The van der Waals surface area contributed by atoms with Crippen molar-refractivity contribution in [3.63, 3.8) is 0 Å². The third kappa shape index (κ3) is 6.16. The van der Waals surface area contributed by atoms with Gasteiger partial charge in [0.05, 0.1) is 25.0 Å². The van der Waals surface area contributed by atoms with Crippen molar-refractivity contribution < 1.29 is 19.1 Å². The fourth-order valence-electron chi connectivity index (χ4n) is 2.59. The Morgan fingerprint density at radius 3 is 2.61 bits per heavy atom. The number of methoxy groups -OCH3 is 1. The first-order valence-corrected chi connectivity index (χ1v) is 9.24. The summed E-state index contributed by atoms with van der Waals surface area (Å²) in [6, 6.07) is 12.1. The molecule has 0 spiro atoms. The minimum absolute atomic E-state index is 0.260. The van der Waals surface area contributed by atoms with Gasteiger partial charge >= 0.3 is 0 Å². The monoisotopic (exact) mass is 382 g/mol. The second kappa shape index (κ2) is 10.8. The lowest BCUT2D eigenvalue weighted by Crippen LogP contribution is -2.16. The molecule has 0 radical (unpaired) electrons. The average molecular weight is 382 g/mol. The van der Waals surface area contributed by atoms with Crippen LogP contribution in [0.25, 0.3) is 6.08 Å². The van der Waals surface area contributed by atoms with E-state index in [4.69, 9.17) is 15.2 Å². The Morgan fingerprint density at radius 2 is 1.89 bits per heavy atom. The van der Waals surface area contributed by atoms with Gasteiger partial charge in [0.1, 0.15) is 0 Å². The number of hydrogen-bond acceptors (Lipinski definition) is 4. The van der Waals surface area contributed by atoms with Crippen LogP contribution in [0.5, 0.6) is 11.5 Å². The molecule has 6 heteroatoms. The van der Waals surface area contributed by atoms with E-state index in [1.54, 1.807) is 43.5 Å². The highest BCUT2D eigenvalue weighted by atomic mass is 16.5. The Kier molecular flexibility index (Phi) is 8.09. The summed E-state index contributed by atoms with van der Waals surface area (Å²) >= 11 is 0. The average Bonchev–Trinajstić information content (AvgIpc) is 2.70. The molecule has 0 bridgehead atoms. The molecule has 0 saturated carbocycles. The van der Waals surface area contributed by atoms with E-state index < -0.39 is 5.91 Å². The Balaban J connectivity index is 2.03. The number of para-hydroxylation sites is 1. The molecule has 0 atom stereocenters. The first kappa shape index (κ1) is 21.0. The minimum atomic E-state index is -0.598. The van der Waals surface area contributed by atoms with E-state index in [9.17, 15) is 9.59 Å². The van der Waals surface area contributed by atoms with Gasteiger partial charge in [0.25, 0.3) is 5.91 Å². The van der Waals surface area contributed by atoms with Crippen molar-refractivity contribution in [3.05, 3.63) is 59.7 Å². The summed E-state index contributed by atoms with van der Waals surface area (Å²) in [6.45, 7) is 2.78. The van der Waals surface area contributed by atoms with Crippen molar-refractivity contribution >= 4 is 23.6 Å². The molecule has 0 aliphatic rings. The molecule has 0 aliphatic carbocycles. The summed E-state index contributed by atoms with van der Waals surface area (Å²) in [4.78, 5) is 23.6. The first-order chi connectivity index (χ1) is 13.5. The zero-order valence-electron chi connectivity index (χ0n) is 16.2. The van der Waals surface area contributed by atoms with Crippen molar-refractivity contribution in [2.75, 3.05) is 19.0 Å². The fraction of sp³-hybridized carbons (Fsp3) is 0.273. The first-order valence-electron chi connectivity index (χ1n) is 9.24. The fourth-order valence-corrected chi connectivity index (χ4v) is 2.59. The molecule has 28 heavy (non-hydrogen) atoms. The highest BCUT2D eigenvalue weighted by Crippen LogP contribution is 2.28. The summed E-state index contributed by atoms with van der Waals surface area (Å²) in [7, 11) is 1.58. The molecule has 2 amide bonds. The molecule has 2 rings (SSSR count). The number of carbonyl (C=O) groups excluding carboxylic acids is 2. The molecule has 2 aromatic carbocycles. The van der Waals surface area contributed by atoms with Crippen LogP contribution in [0.2, 0.25) is 0 Å². The topological polar surface area (TPSA) is 90.6 Å². The number of rotatable bonds is 10. The van der Waals surface area contributed by atoms with Gasteiger partial charge in [0.2, 0.25) is 5.91 Å². The third-order valence-electron chi connectivity index (χ3n) is 4.07. The third-order valence-corrected chi connectivity index (χ3v) is 4.07. The Labute approximate surface area is 165 Å². The number of amides is 2. The highest BCUT2D eigenvalue weighted by molar-refractivity contribution is 6.07. The van der Waals surface area contributed by atoms with Crippen LogP contribution in [0.1, 0.15) is 42.1 Å². The van der Waals surface area contributed by atoms with Crippen molar-refractivity contribution in [2.45, 2.75) is 26.2 Å². The van der Waals surface area contributed by atoms with Gasteiger partial charge in [-0.1, -0.05) is 38.0 Å². The van der Waals surface area contributed by atoms with E-state index in [2.05, 4.69) is 12.2 Å². The van der Waals surface area contributed by atoms with Gasteiger partial charge in [-0.15, -0.1) is 0 Å². The van der Waals surface area contributed by atoms with Crippen LogP contribution >= 0.6 is 0 Å². The minimum Gasteiger partial charge on any atom is -0.493 e. The van der Waals surface area contributed by atoms with E-state index in [1.165, 1.54) is 6.08 Å². The second-order valence-electron chi connectivity index (χ2n) is 6.20. The standard InChI is InChI=1S/C22H26N2O4/c1-3-4-7-14-28-19-12-10-16(15-20(19)27-2)11-13-21(25)24-18-9-6-5-8-17(18)22(23)26/h5-6,8-13,15H,3-4,7,14H2,1-2H3,(H2,23,26)(H,24,25)/b13-11+. The highest BCUT2D eigenvalue weighted by Gasteiger charge is 2.09. The Bertz CT molecular complexity index is 846. The molecule has 6 nitrogen and oxygen atoms in total. The SMILES string of the molecule is CCCCCOc1ccc(/C=C/C(=O)Nc2ccccc2C(N)=O)cc1OC. The van der Waals surface area contributed by atoms with Crippen molar-refractivity contribution in [1.82, 2.24) is 0 Å². The van der Waals surface area contributed by atoms with Gasteiger partial charge < -0.3 is 20.5 Å². The molecule has 148 valence electrons. The molecular weight excluding hydrogens is 356 g/mol. The lowest BCUT2D eigenvalue weighted by Gasteiger charge is -2.11. The molecule has 2 aromatic rings. The predicted octanol–water partition coefficient (Wildman–Crippen LogP) is 4.02. The van der Waals surface area contributed by atoms with Crippen molar-refractivity contribution in [2.24, 2.45) is 5.73 Å². The number of nitrogens with two attached hydrogens (primary N) is 1. The van der Waals surface area contributed by atoms with E-state index in [0.29, 0.717) is 23.8 Å². The summed E-state index contributed by atoms with van der Waals surface area (Å²) in [6.07, 6.45) is 6.29. The van der Waals surface area contributed by atoms with Crippen LogP contribution in [-0.4, -0.2) is 25.5 Å². The Hall–Kier alpha value is -3.28. The number of carbonyl (C=O) groups is 2. The normalized spacial score (nSPS) is 10.6. The molecule has 0 aliphatic heterocycles. The van der Waals surface area contributed by atoms with E-state index in [-0.39, 0.29) is 11.5 Å². The van der Waals surface area contributed by atoms with Crippen LogP contribution in [-0.2, 0) is 4.79 Å². The largest absolute Gasteiger partial charge is 0.493 e. The number of ether oxygens (including phenoxy) is 2. The number of primary amides is 1. The summed E-state index contributed by atoms with van der Waals surface area (Å²) < 4.78 is 11.1. The maximum absolute atomic E-state index is 12.2. The number of hydrogen-bond donors (Lipinski definition) is 2. The van der Waals surface area contributed by atoms with Crippen LogP contribution < -0.4 is 20.5 Å². The lowest BCUT2D eigenvalue weighted by atomic mass is 10.1. The van der Waals surface area contributed by atoms with Crippen LogP contribution in [0.3, 0.4) is 0 Å². The van der Waals surface area contributed by atoms with E-state index in [0.717, 1.165) is 24.8 Å². The predicted molar refractivity (Wildman–Crippen MR) is 111 cm³/mol. The van der Waals surface area contributed by atoms with Crippen LogP contribution in [0.4, 0.5) is 5.69 Å². The number of anilines is 1. The summed E-state index contributed by atoms with van der Waals surface area (Å²) in [5.41, 5.74) is 6.74. The number of nitrogens with one attached hydrogen (secondary N) is 1. The van der Waals surface area contributed by atoms with Gasteiger partial charge in [-0.2, -0.15) is 0 Å². The van der Waals surface area contributed by atoms with Gasteiger partial charge in [0.15, 0.2) is 11.5 Å². The maximum Gasteiger partial charge on any atom is 0.250 e. The van der Waals surface area contributed by atoms with Gasteiger partial charge in [-0.3, -0.25) is 9.59 Å². The van der Waals surface area contributed by atoms with Crippen LogP contribution in [0, 0.1) is 0 Å². The molecule has 0 unspecified atom stereocenters. The smallest absolute Gasteiger partial charge is 0.250 e. The van der Waals surface area contributed by atoms with Crippen molar-refractivity contribution in [3.8, 4) is 11.5 Å². The van der Waals surface area contributed by atoms with E-state index in [1.807, 2.05) is 12.1 Å². The van der Waals surface area contributed by atoms with Gasteiger partial charge in [-0.25, -0.2) is 0 Å². The Morgan fingerprint density at radius 1 is 1.11 bits per heavy atom. The zero-order valence-corrected chi connectivity index (χ0v) is 16.2. The number of unbranched alkanes of at least 4 members (excludes halogenated alkanes) is 2. The van der Waals surface area contributed by atoms with Crippen molar-refractivity contribution in [1.29, 1.82) is 0 Å². The maximum atomic E-state index is 12.2. The molecular formula is C22H26N2O4. The molecule has 0 aromatic heterocycles. The lowest BCUT2D eigenvalue weighted by molar-refractivity contribution is -0.111. The summed E-state index contributed by atoms with van der Waals surface area (Å²) in [5.74, 6) is 0.320. The molecule has 3 N–H and O–H groups in total. The molecule has 0 fully saturated rings. The molecule has 0 saturated heterocycles.